The van der Waals surface area contributed by atoms with Gasteiger partial charge < -0.3 is 10.1 Å². The Hall–Kier alpha value is -4.47. The molecule has 0 radical (unpaired) electrons. The van der Waals surface area contributed by atoms with Gasteiger partial charge in [-0.25, -0.2) is 0 Å². The number of hydrogen-bond acceptors (Lipinski definition) is 5. The van der Waals surface area contributed by atoms with Crippen molar-refractivity contribution in [2.75, 3.05) is 7.05 Å². The second kappa shape index (κ2) is 11.1. The molecule has 0 aliphatic heterocycles. The zero-order valence-corrected chi connectivity index (χ0v) is 21.9. The van der Waals surface area contributed by atoms with Gasteiger partial charge in [-0.15, -0.1) is 0 Å². The summed E-state index contributed by atoms with van der Waals surface area (Å²) < 4.78 is 46.3. The van der Waals surface area contributed by atoms with Gasteiger partial charge in [0.15, 0.2) is 5.78 Å². The van der Waals surface area contributed by atoms with Gasteiger partial charge in [0, 0.05) is 36.5 Å². The number of nitrogens with zero attached hydrogens (tertiary/aromatic N) is 3. The number of halogens is 3. The quantitative estimate of drug-likeness (QED) is 0.286. The van der Waals surface area contributed by atoms with E-state index >= 15 is 0 Å². The fraction of sp³-hybridized carbons (Fsp3) is 0.241. The summed E-state index contributed by atoms with van der Waals surface area (Å²) in [4.78, 5) is 29.0. The van der Waals surface area contributed by atoms with E-state index in [9.17, 15) is 22.8 Å². The third kappa shape index (κ3) is 6.34. The number of hydrogen-bond donors (Lipinski definition) is 1. The van der Waals surface area contributed by atoms with Gasteiger partial charge in [-0.1, -0.05) is 0 Å². The van der Waals surface area contributed by atoms with Crippen LogP contribution in [0.3, 0.4) is 0 Å². The number of rotatable bonds is 8. The van der Waals surface area contributed by atoms with Crippen molar-refractivity contribution in [1.82, 2.24) is 20.1 Å². The van der Waals surface area contributed by atoms with Crippen LogP contribution in [-0.2, 0) is 19.1 Å². The highest BCUT2D eigenvalue weighted by Gasteiger charge is 2.30. The molecule has 1 amide bonds. The highest BCUT2D eigenvalue weighted by atomic mass is 19.4. The summed E-state index contributed by atoms with van der Waals surface area (Å²) in [6.45, 7) is 5.70. The maximum atomic E-state index is 13.1. The molecule has 1 N–H and O–H groups in total. The van der Waals surface area contributed by atoms with E-state index in [1.165, 1.54) is 6.07 Å². The average Bonchev–Trinajstić information content (AvgIpc) is 3.16. The van der Waals surface area contributed by atoms with E-state index in [1.807, 2.05) is 19.9 Å². The van der Waals surface area contributed by atoms with Crippen LogP contribution in [0, 0.1) is 20.8 Å². The van der Waals surface area contributed by atoms with Crippen molar-refractivity contribution in [3.8, 4) is 11.5 Å². The summed E-state index contributed by atoms with van der Waals surface area (Å²) >= 11 is 0. The second-order valence-corrected chi connectivity index (χ2v) is 9.14. The smallest absolute Gasteiger partial charge is 0.416 e. The Labute approximate surface area is 223 Å². The molecule has 2 aromatic heterocycles. The van der Waals surface area contributed by atoms with E-state index in [-0.39, 0.29) is 18.1 Å². The van der Waals surface area contributed by atoms with Crippen molar-refractivity contribution in [1.29, 1.82) is 0 Å². The first-order valence-electron chi connectivity index (χ1n) is 12.1. The van der Waals surface area contributed by atoms with Gasteiger partial charge in [-0.2, -0.15) is 18.3 Å². The molecule has 4 rings (SSSR count). The lowest BCUT2D eigenvalue weighted by Gasteiger charge is -2.12. The Balaban J connectivity index is 1.45. The lowest BCUT2D eigenvalue weighted by Crippen LogP contribution is -2.19. The van der Waals surface area contributed by atoms with Gasteiger partial charge in [-0.05, 0) is 86.5 Å². The van der Waals surface area contributed by atoms with Gasteiger partial charge in [0.05, 0.1) is 17.8 Å². The van der Waals surface area contributed by atoms with E-state index < -0.39 is 11.7 Å². The number of ether oxygens (including phenoxy) is 1. The molecular formula is C29H27F3N4O3. The minimum atomic E-state index is -4.42. The van der Waals surface area contributed by atoms with Crippen LogP contribution in [0.25, 0.3) is 0 Å². The maximum absolute atomic E-state index is 13.1. The predicted molar refractivity (Wildman–Crippen MR) is 139 cm³/mol. The minimum Gasteiger partial charge on any atom is -0.457 e. The van der Waals surface area contributed by atoms with Gasteiger partial charge in [0.1, 0.15) is 17.2 Å². The molecule has 0 spiro atoms. The summed E-state index contributed by atoms with van der Waals surface area (Å²) in [7, 11) is 1.54. The summed E-state index contributed by atoms with van der Waals surface area (Å²) in [6.07, 6.45) is -2.70. The molecule has 2 heterocycles. The highest BCUT2D eigenvalue weighted by Crippen LogP contribution is 2.34. The molecule has 4 aromatic rings. The van der Waals surface area contributed by atoms with Crippen LogP contribution in [0.5, 0.6) is 11.5 Å². The standard InChI is InChI=1S/C29H27F3N4O3/c1-17-13-22(29(30,31)32)7-10-27(17)39-23-8-5-21(6-9-23)26(37)15-24-18(2)35-36(19(24)3)16-20-11-12-34-25(14-20)28(38)33-4/h5-14H,15-16H2,1-4H3,(H,33,38). The van der Waals surface area contributed by atoms with Crippen molar-refractivity contribution < 1.29 is 27.5 Å². The third-order valence-electron chi connectivity index (χ3n) is 6.39. The summed E-state index contributed by atoms with van der Waals surface area (Å²) in [6, 6.07) is 13.3. The van der Waals surface area contributed by atoms with Crippen molar-refractivity contribution in [2.45, 2.75) is 39.9 Å². The van der Waals surface area contributed by atoms with Gasteiger partial charge >= 0.3 is 6.18 Å². The Morgan fingerprint density at radius 3 is 2.36 bits per heavy atom. The number of carbonyl (C=O) groups is 2. The molecule has 7 nitrogen and oxygen atoms in total. The number of Topliss-reactive ketones (excluding diaryl/α,β-unsaturated/α-hetero) is 1. The lowest BCUT2D eigenvalue weighted by atomic mass is 10.0. The van der Waals surface area contributed by atoms with Crippen LogP contribution in [0.1, 0.15) is 54.5 Å². The van der Waals surface area contributed by atoms with Crippen LogP contribution < -0.4 is 10.1 Å². The number of pyridine rings is 1. The first-order chi connectivity index (χ1) is 18.5. The monoisotopic (exact) mass is 536 g/mol. The molecule has 0 aliphatic rings. The Morgan fingerprint density at radius 2 is 1.72 bits per heavy atom. The van der Waals surface area contributed by atoms with Crippen molar-refractivity contribution in [3.63, 3.8) is 0 Å². The van der Waals surface area contributed by atoms with E-state index in [4.69, 9.17) is 4.74 Å². The lowest BCUT2D eigenvalue weighted by molar-refractivity contribution is -0.137. The number of nitrogens with one attached hydrogen (secondary N) is 1. The van der Waals surface area contributed by atoms with E-state index in [0.29, 0.717) is 34.9 Å². The molecule has 2 aromatic carbocycles. The first-order valence-corrected chi connectivity index (χ1v) is 12.1. The molecule has 0 fully saturated rings. The Kier molecular flexibility index (Phi) is 7.85. The zero-order valence-electron chi connectivity index (χ0n) is 21.9. The molecule has 0 atom stereocenters. The normalized spacial score (nSPS) is 11.4. The van der Waals surface area contributed by atoms with Crippen LogP contribution in [0.2, 0.25) is 0 Å². The van der Waals surface area contributed by atoms with Crippen molar-refractivity contribution in [2.24, 2.45) is 0 Å². The van der Waals surface area contributed by atoms with Crippen LogP contribution in [0.15, 0.2) is 60.8 Å². The van der Waals surface area contributed by atoms with Crippen molar-refractivity contribution in [3.05, 3.63) is 106 Å². The predicted octanol–water partition coefficient (Wildman–Crippen LogP) is 5.85. The Bertz CT molecular complexity index is 1530. The van der Waals surface area contributed by atoms with Crippen LogP contribution >= 0.6 is 0 Å². The van der Waals surface area contributed by atoms with E-state index in [0.717, 1.165) is 34.6 Å². The largest absolute Gasteiger partial charge is 0.457 e. The number of aryl methyl sites for hydroxylation is 2. The molecular weight excluding hydrogens is 509 g/mol. The maximum Gasteiger partial charge on any atom is 0.416 e. The number of alkyl halides is 3. The molecule has 10 heteroatoms. The summed E-state index contributed by atoms with van der Waals surface area (Å²) in [5.74, 6) is 0.326. The molecule has 0 saturated carbocycles. The average molecular weight is 537 g/mol. The molecule has 0 bridgehead atoms. The first kappa shape index (κ1) is 27.6. The summed E-state index contributed by atoms with van der Waals surface area (Å²) in [5.41, 5.74) is 3.65. The van der Waals surface area contributed by atoms with Gasteiger partial charge in [0.25, 0.3) is 5.91 Å². The molecule has 0 unspecified atom stereocenters. The minimum absolute atomic E-state index is 0.108. The Morgan fingerprint density at radius 1 is 1.00 bits per heavy atom. The number of carbonyl (C=O) groups excluding carboxylic acids is 2. The van der Waals surface area contributed by atoms with Gasteiger partial charge in [-0.3, -0.25) is 19.3 Å². The SMILES string of the molecule is CNC(=O)c1cc(Cn2nc(C)c(CC(=O)c3ccc(Oc4ccc(C(F)(F)F)cc4C)cc3)c2C)ccn1. The summed E-state index contributed by atoms with van der Waals surface area (Å²) in [5, 5.41) is 7.14. The zero-order chi connectivity index (χ0) is 28.3. The highest BCUT2D eigenvalue weighted by molar-refractivity contribution is 5.97. The number of amides is 1. The van der Waals surface area contributed by atoms with E-state index in [2.05, 4.69) is 15.4 Å². The molecule has 0 aliphatic carbocycles. The fourth-order valence-electron chi connectivity index (χ4n) is 4.18. The molecule has 39 heavy (non-hydrogen) atoms. The number of benzene rings is 2. The van der Waals surface area contributed by atoms with Crippen LogP contribution in [-0.4, -0.2) is 33.5 Å². The van der Waals surface area contributed by atoms with E-state index in [1.54, 1.807) is 55.2 Å². The molecule has 202 valence electrons. The number of ketones is 1. The second-order valence-electron chi connectivity index (χ2n) is 9.14. The van der Waals surface area contributed by atoms with Crippen LogP contribution in [0.4, 0.5) is 13.2 Å². The third-order valence-corrected chi connectivity index (χ3v) is 6.39. The van der Waals surface area contributed by atoms with Gasteiger partial charge in [0.2, 0.25) is 0 Å². The fourth-order valence-corrected chi connectivity index (χ4v) is 4.18. The number of aromatic nitrogens is 3. The van der Waals surface area contributed by atoms with Crippen molar-refractivity contribution >= 4 is 11.7 Å². The topological polar surface area (TPSA) is 86.1 Å². The molecule has 0 saturated heterocycles.